The van der Waals surface area contributed by atoms with E-state index in [2.05, 4.69) is 20.8 Å². The molecule has 8 nitrogen and oxygen atoms in total. The number of aryl methyl sites for hydroxylation is 2. The number of aromatic nitrogens is 2. The van der Waals surface area contributed by atoms with Crippen LogP contribution in [0, 0.1) is 0 Å². The second-order valence-corrected chi connectivity index (χ2v) is 9.70. The Kier molecular flexibility index (Phi) is 3.31. The molecule has 5 rings (SSSR count). The zero-order chi connectivity index (χ0) is 19.0. The minimum Gasteiger partial charge on any atom is -0.474 e. The number of carbonyl (C=O) groups excluding carboxylic acids is 1. The van der Waals surface area contributed by atoms with Gasteiger partial charge in [0.2, 0.25) is 5.88 Å². The molecular weight excluding hydrogens is 366 g/mol. The molecule has 1 atom stereocenters. The first kappa shape index (κ1) is 16.8. The van der Waals surface area contributed by atoms with Gasteiger partial charge in [-0.2, -0.15) is 5.10 Å². The van der Waals surface area contributed by atoms with Crippen LogP contribution in [0.2, 0.25) is 0 Å². The number of amides is 2. The molecule has 2 amide bonds. The van der Waals surface area contributed by atoms with Crippen LogP contribution in [-0.2, 0) is 41.1 Å². The Labute approximate surface area is 157 Å². The van der Waals surface area contributed by atoms with E-state index in [0.717, 1.165) is 42.5 Å². The van der Waals surface area contributed by atoms with E-state index < -0.39 is 15.9 Å². The zero-order valence-corrected chi connectivity index (χ0v) is 16.1. The van der Waals surface area contributed by atoms with Gasteiger partial charge in [0.15, 0.2) is 9.92 Å². The smallest absolute Gasteiger partial charge is 0.354 e. The van der Waals surface area contributed by atoms with Crippen molar-refractivity contribution in [1.82, 2.24) is 9.78 Å². The number of anilines is 1. The first-order valence-electron chi connectivity index (χ1n) is 9.00. The quantitative estimate of drug-likeness (QED) is 0.822. The SMILES string of the molecule is CC1(C)COc2c(S(N)(=O)=NC(=O)Nc3c4c(cc5c3CC5)CC4)cnn21. The molecule has 2 aliphatic carbocycles. The van der Waals surface area contributed by atoms with Gasteiger partial charge < -0.3 is 10.1 Å². The van der Waals surface area contributed by atoms with Gasteiger partial charge >= 0.3 is 6.03 Å². The van der Waals surface area contributed by atoms with E-state index in [0.29, 0.717) is 12.5 Å². The molecule has 9 heteroatoms. The summed E-state index contributed by atoms with van der Waals surface area (Å²) in [4.78, 5) is 12.7. The molecular formula is C18H21N5O3S. The lowest BCUT2D eigenvalue weighted by molar-refractivity contribution is 0.259. The summed E-state index contributed by atoms with van der Waals surface area (Å²) >= 11 is 0. The van der Waals surface area contributed by atoms with Crippen molar-refractivity contribution in [2.75, 3.05) is 11.9 Å². The van der Waals surface area contributed by atoms with Gasteiger partial charge in [-0.3, -0.25) is 0 Å². The fraction of sp³-hybridized carbons (Fsp3) is 0.444. The molecule has 1 aromatic carbocycles. The normalized spacial score (nSPS) is 20.1. The van der Waals surface area contributed by atoms with Gasteiger partial charge in [0.05, 0.1) is 11.7 Å². The molecule has 0 saturated carbocycles. The lowest BCUT2D eigenvalue weighted by Gasteiger charge is -2.31. The topological polar surface area (TPSA) is 112 Å². The van der Waals surface area contributed by atoms with Crippen LogP contribution in [0.1, 0.15) is 36.1 Å². The first-order valence-corrected chi connectivity index (χ1v) is 10.6. The molecule has 1 aliphatic heterocycles. The molecule has 27 heavy (non-hydrogen) atoms. The minimum atomic E-state index is -3.47. The summed E-state index contributed by atoms with van der Waals surface area (Å²) in [7, 11) is -3.47. The highest BCUT2D eigenvalue weighted by Gasteiger charge is 2.36. The van der Waals surface area contributed by atoms with Crippen LogP contribution in [0.3, 0.4) is 0 Å². The van der Waals surface area contributed by atoms with Gasteiger partial charge in [-0.25, -0.2) is 18.8 Å². The Balaban J connectivity index is 1.47. The molecule has 0 saturated heterocycles. The van der Waals surface area contributed by atoms with Crippen LogP contribution < -0.4 is 15.2 Å². The number of nitrogens with two attached hydrogens (primary N) is 1. The predicted octanol–water partition coefficient (Wildman–Crippen LogP) is 2.14. The van der Waals surface area contributed by atoms with Crippen LogP contribution in [0.15, 0.2) is 21.5 Å². The van der Waals surface area contributed by atoms with E-state index in [1.165, 1.54) is 17.3 Å². The molecule has 0 spiro atoms. The van der Waals surface area contributed by atoms with E-state index in [1.54, 1.807) is 4.68 Å². The van der Waals surface area contributed by atoms with E-state index in [9.17, 15) is 9.00 Å². The average Bonchev–Trinajstić information content (AvgIpc) is 3.05. The lowest BCUT2D eigenvalue weighted by atomic mass is 9.76. The number of hydrogen-bond acceptors (Lipinski definition) is 4. The van der Waals surface area contributed by atoms with Gasteiger partial charge in [-0.05, 0) is 61.8 Å². The standard InChI is InChI=1S/C18H21N5O3S/c1-18(2)9-26-16-14(8-20-23(16)18)27(19,25)22-17(24)21-15-12-5-3-10(12)7-11-4-6-13(11)15/h7-8H,3-6,9H2,1-2H3,(H3,19,21,22,24,25). The van der Waals surface area contributed by atoms with Gasteiger partial charge in [0.25, 0.3) is 0 Å². The summed E-state index contributed by atoms with van der Waals surface area (Å²) in [5.41, 5.74) is 5.36. The molecule has 2 heterocycles. The van der Waals surface area contributed by atoms with Gasteiger partial charge in [-0.15, -0.1) is 4.36 Å². The Hall–Kier alpha value is -2.39. The number of benzene rings is 1. The predicted molar refractivity (Wildman–Crippen MR) is 100 cm³/mol. The van der Waals surface area contributed by atoms with E-state index in [1.807, 2.05) is 13.8 Å². The number of ether oxygens (including phenoxy) is 1. The molecule has 0 bridgehead atoms. The molecule has 1 aromatic heterocycles. The van der Waals surface area contributed by atoms with Crippen molar-refractivity contribution in [3.8, 4) is 5.88 Å². The average molecular weight is 387 g/mol. The van der Waals surface area contributed by atoms with Crippen LogP contribution in [0.25, 0.3) is 0 Å². The summed E-state index contributed by atoms with van der Waals surface area (Å²) in [5.74, 6) is 0.317. The van der Waals surface area contributed by atoms with E-state index in [-0.39, 0.29) is 10.4 Å². The minimum absolute atomic E-state index is 0.150. The fourth-order valence-electron chi connectivity index (χ4n) is 3.92. The number of rotatable bonds is 2. The molecule has 142 valence electrons. The van der Waals surface area contributed by atoms with Crippen molar-refractivity contribution in [2.45, 2.75) is 50.0 Å². The maximum absolute atomic E-state index is 13.0. The fourth-order valence-corrected chi connectivity index (χ4v) is 4.90. The molecule has 1 unspecified atom stereocenters. The maximum atomic E-state index is 13.0. The Bertz CT molecular complexity index is 1090. The number of nitrogens with zero attached hydrogens (tertiary/aromatic N) is 3. The monoisotopic (exact) mass is 387 g/mol. The summed E-state index contributed by atoms with van der Waals surface area (Å²) in [6, 6.07) is 1.53. The summed E-state index contributed by atoms with van der Waals surface area (Å²) in [6.07, 6.45) is 5.32. The van der Waals surface area contributed by atoms with Crippen molar-refractivity contribution < 1.29 is 13.7 Å². The molecule has 2 aromatic rings. The number of nitrogens with one attached hydrogen (secondary N) is 1. The second kappa shape index (κ2) is 5.32. The third kappa shape index (κ3) is 2.41. The highest BCUT2D eigenvalue weighted by atomic mass is 32.2. The summed E-state index contributed by atoms with van der Waals surface area (Å²) in [5, 5.41) is 13.0. The van der Waals surface area contributed by atoms with Crippen LogP contribution in [0.4, 0.5) is 10.5 Å². The van der Waals surface area contributed by atoms with Gasteiger partial charge in [0, 0.05) is 5.69 Å². The van der Waals surface area contributed by atoms with Crippen LogP contribution in [-0.4, -0.2) is 26.6 Å². The summed E-state index contributed by atoms with van der Waals surface area (Å²) in [6.45, 7) is 4.30. The third-order valence-corrected chi connectivity index (χ3v) is 6.96. The molecule has 0 radical (unpaired) electrons. The molecule has 0 fully saturated rings. The highest BCUT2D eigenvalue weighted by molar-refractivity contribution is 7.91. The van der Waals surface area contributed by atoms with Crippen molar-refractivity contribution in [3.63, 3.8) is 0 Å². The number of hydrogen-bond donors (Lipinski definition) is 2. The number of urea groups is 1. The van der Waals surface area contributed by atoms with E-state index >= 15 is 0 Å². The first-order chi connectivity index (χ1) is 12.8. The van der Waals surface area contributed by atoms with Crippen molar-refractivity contribution >= 4 is 21.6 Å². The second-order valence-electron chi connectivity index (χ2n) is 7.94. The van der Waals surface area contributed by atoms with Gasteiger partial charge in [0.1, 0.15) is 11.5 Å². The lowest BCUT2D eigenvalue weighted by Crippen LogP contribution is -2.26. The molecule has 3 N–H and O–H groups in total. The van der Waals surface area contributed by atoms with Crippen molar-refractivity contribution in [1.29, 1.82) is 0 Å². The zero-order valence-electron chi connectivity index (χ0n) is 15.2. The maximum Gasteiger partial charge on any atom is 0.354 e. The van der Waals surface area contributed by atoms with Crippen molar-refractivity contribution in [3.05, 3.63) is 34.5 Å². The number of fused-ring (bicyclic) bond motifs is 3. The number of carbonyl (C=O) groups is 1. The van der Waals surface area contributed by atoms with Crippen molar-refractivity contribution in [2.24, 2.45) is 9.50 Å². The van der Waals surface area contributed by atoms with Crippen LogP contribution >= 0.6 is 0 Å². The molecule has 3 aliphatic rings. The highest BCUT2D eigenvalue weighted by Crippen LogP contribution is 2.41. The van der Waals surface area contributed by atoms with E-state index in [4.69, 9.17) is 9.88 Å². The van der Waals surface area contributed by atoms with Gasteiger partial charge in [-0.1, -0.05) is 6.07 Å². The Morgan fingerprint density at radius 1 is 1.30 bits per heavy atom. The summed E-state index contributed by atoms with van der Waals surface area (Å²) < 4.78 is 24.0. The van der Waals surface area contributed by atoms with Crippen LogP contribution in [0.5, 0.6) is 5.88 Å². The Morgan fingerprint density at radius 3 is 2.56 bits per heavy atom. The Morgan fingerprint density at radius 2 is 1.96 bits per heavy atom. The largest absolute Gasteiger partial charge is 0.474 e. The third-order valence-electron chi connectivity index (χ3n) is 5.61.